The molecule has 7 rings (SSSR count). The van der Waals surface area contributed by atoms with E-state index in [2.05, 4.69) is 40.5 Å². The van der Waals surface area contributed by atoms with Crippen LogP contribution in [-0.4, -0.2) is 64.8 Å². The molecule has 270 valence electrons. The second-order valence-electron chi connectivity index (χ2n) is 15.1. The summed E-state index contributed by atoms with van der Waals surface area (Å²) >= 11 is 0. The van der Waals surface area contributed by atoms with Crippen molar-refractivity contribution in [2.75, 3.05) is 31.7 Å². The van der Waals surface area contributed by atoms with Crippen LogP contribution in [0.15, 0.2) is 42.9 Å². The second-order valence-corrected chi connectivity index (χ2v) is 15.1. The third kappa shape index (κ3) is 7.53. The Morgan fingerprint density at radius 3 is 2.42 bits per heavy atom. The summed E-state index contributed by atoms with van der Waals surface area (Å²) in [5.74, 6) is 0.669. The zero-order valence-corrected chi connectivity index (χ0v) is 29.9. The smallest absolute Gasteiger partial charge is 0.407 e. The number of fused-ring (bicyclic) bond motifs is 3. The Morgan fingerprint density at radius 2 is 1.80 bits per heavy atom. The number of hydrogen-bond acceptors (Lipinski definition) is 7. The average molecular weight is 690 g/mol. The van der Waals surface area contributed by atoms with E-state index < -0.39 is 11.9 Å². The molecule has 4 aliphatic rings. The van der Waals surface area contributed by atoms with E-state index in [-0.39, 0.29) is 41.4 Å². The van der Waals surface area contributed by atoms with Gasteiger partial charge < -0.3 is 19.9 Å². The lowest BCUT2D eigenvalue weighted by Gasteiger charge is -2.55. The fourth-order valence-corrected chi connectivity index (χ4v) is 8.42. The molecule has 0 spiro atoms. The minimum absolute atomic E-state index is 0.000506. The molecule has 0 radical (unpaired) electrons. The molecule has 4 fully saturated rings. The molecule has 2 bridgehead atoms. The van der Waals surface area contributed by atoms with Gasteiger partial charge in [-0.1, -0.05) is 12.1 Å². The van der Waals surface area contributed by atoms with Gasteiger partial charge in [0.25, 0.3) is 0 Å². The molecule has 3 aromatic rings. The Bertz CT molecular complexity index is 1640. The van der Waals surface area contributed by atoms with Crippen molar-refractivity contribution >= 4 is 17.8 Å². The van der Waals surface area contributed by atoms with Crippen LogP contribution in [0.4, 0.5) is 15.0 Å². The molecule has 0 unspecified atom stereocenters. The number of anilines is 1. The van der Waals surface area contributed by atoms with Crippen molar-refractivity contribution in [1.82, 2.24) is 20.1 Å². The normalized spacial score (nSPS) is 24.6. The van der Waals surface area contributed by atoms with Crippen LogP contribution in [0.2, 0.25) is 0 Å². The number of rotatable bonds is 12. The molecule has 0 aliphatic heterocycles. The molecule has 0 saturated heterocycles. The van der Waals surface area contributed by atoms with E-state index in [1.54, 1.807) is 24.1 Å². The summed E-state index contributed by atoms with van der Waals surface area (Å²) in [5.41, 5.74) is 3.64. The van der Waals surface area contributed by atoms with Crippen molar-refractivity contribution in [2.45, 2.75) is 109 Å². The zero-order valence-electron chi connectivity index (χ0n) is 29.9. The van der Waals surface area contributed by atoms with Crippen LogP contribution < -0.4 is 15.0 Å². The van der Waals surface area contributed by atoms with E-state index in [9.17, 15) is 9.59 Å². The van der Waals surface area contributed by atoms with Gasteiger partial charge in [-0.15, -0.1) is 0 Å². The first-order valence-electron chi connectivity index (χ1n) is 18.3. The molecule has 4 saturated carbocycles. The Hall–Kier alpha value is -3.99. The van der Waals surface area contributed by atoms with Gasteiger partial charge in [-0.3, -0.25) is 14.4 Å². The Balaban J connectivity index is 1.22. The number of aromatic nitrogens is 3. The minimum atomic E-state index is -0.492. The fourth-order valence-electron chi connectivity index (χ4n) is 8.42. The number of carbonyl (C=O) groups excluding carboxylic acids is 2. The molecular weight excluding hydrogens is 637 g/mol. The summed E-state index contributed by atoms with van der Waals surface area (Å²) in [6.45, 7) is 7.03. The number of aryl methyl sites for hydroxylation is 1. The molecule has 50 heavy (non-hydrogen) atoms. The number of nitrogens with zero attached hydrogens (tertiary/aromatic N) is 4. The van der Waals surface area contributed by atoms with E-state index in [1.165, 1.54) is 11.8 Å². The Labute approximate surface area is 294 Å². The van der Waals surface area contributed by atoms with E-state index in [4.69, 9.17) is 14.6 Å². The molecule has 2 heterocycles. The summed E-state index contributed by atoms with van der Waals surface area (Å²) in [6, 6.07) is 8.44. The van der Waals surface area contributed by atoms with Crippen LogP contribution in [0.5, 0.6) is 5.75 Å². The monoisotopic (exact) mass is 689 g/mol. The lowest BCUT2D eigenvalue weighted by Crippen LogP contribution is -2.52. The van der Waals surface area contributed by atoms with Crippen LogP contribution in [0, 0.1) is 24.1 Å². The van der Waals surface area contributed by atoms with Crippen LogP contribution in [-0.2, 0) is 14.9 Å². The number of pyridine rings is 1. The number of aliphatic hydroxyl groups excluding tert-OH is 1. The maximum absolute atomic E-state index is 15.3. The number of aliphatic hydroxyl groups is 1. The Morgan fingerprint density at radius 1 is 1.08 bits per heavy atom. The van der Waals surface area contributed by atoms with Gasteiger partial charge in [0, 0.05) is 49.0 Å². The van der Waals surface area contributed by atoms with Crippen molar-refractivity contribution in [3.8, 4) is 16.9 Å². The minimum Gasteiger partial charge on any atom is -0.496 e. The molecule has 10 nitrogen and oxygen atoms in total. The summed E-state index contributed by atoms with van der Waals surface area (Å²) in [6.07, 6.45) is 13.0. The number of methoxy groups -OCH3 is 1. The van der Waals surface area contributed by atoms with Gasteiger partial charge in [-0.05, 0) is 125 Å². The van der Waals surface area contributed by atoms with Gasteiger partial charge in [0.1, 0.15) is 23.5 Å². The van der Waals surface area contributed by atoms with Crippen molar-refractivity contribution in [2.24, 2.45) is 11.3 Å². The number of carbonyl (C=O) groups is 2. The predicted molar refractivity (Wildman–Crippen MR) is 190 cm³/mol. The number of amides is 2. The third-order valence-corrected chi connectivity index (χ3v) is 11.6. The van der Waals surface area contributed by atoms with Crippen LogP contribution in [0.1, 0.15) is 102 Å². The number of ether oxygens (including phenoxy) is 2. The van der Waals surface area contributed by atoms with E-state index in [1.807, 2.05) is 24.9 Å². The Kier molecular flexibility index (Phi) is 10.8. The molecule has 4 aliphatic carbocycles. The highest BCUT2D eigenvalue weighted by atomic mass is 19.1. The second kappa shape index (κ2) is 15.1. The first kappa shape index (κ1) is 35.8. The molecule has 11 heteroatoms. The highest BCUT2D eigenvalue weighted by molar-refractivity contribution is 5.95. The maximum Gasteiger partial charge on any atom is 0.407 e. The summed E-state index contributed by atoms with van der Waals surface area (Å²) in [4.78, 5) is 33.2. The number of hydrogen-bond donors (Lipinski definition) is 2. The molecular formula is C39H52FN5O5. The van der Waals surface area contributed by atoms with Crippen LogP contribution >= 0.6 is 0 Å². The van der Waals surface area contributed by atoms with Gasteiger partial charge in [0.2, 0.25) is 5.91 Å². The predicted octanol–water partition coefficient (Wildman–Crippen LogP) is 7.27. The molecule has 0 atom stereocenters. The number of halogens is 1. The lowest BCUT2D eigenvalue weighted by molar-refractivity contribution is -0.124. The quantitative estimate of drug-likeness (QED) is 0.192. The standard InChI is InChI=1S/C39H52FN5O5/c1-26(2)45-24-29(22-43-45)32-21-35(42-23-33(32)40)44(36(47)28-6-9-31(10-7-28)50-37(48)41-18-5-19-46)25-38-12-15-39(16-13-38,17-14-38)30-8-11-34(49-4)27(3)20-30/h8,11,20-24,26,28,31,46H,5-7,9-10,12-19,25H2,1-4H3,(H,41,48). The molecule has 2 N–H and O–H groups in total. The van der Waals surface area contributed by atoms with Gasteiger partial charge in [-0.25, -0.2) is 14.2 Å². The molecule has 1 aromatic carbocycles. The number of nitrogens with one attached hydrogen (secondary N) is 1. The molecule has 2 aromatic heterocycles. The first-order valence-corrected chi connectivity index (χ1v) is 18.3. The number of alkyl carbamates (subject to hydrolysis) is 1. The highest BCUT2D eigenvalue weighted by Gasteiger charge is 2.51. The third-order valence-electron chi connectivity index (χ3n) is 11.6. The summed E-state index contributed by atoms with van der Waals surface area (Å²) in [5, 5.41) is 16.1. The van der Waals surface area contributed by atoms with E-state index in [0.29, 0.717) is 62.1 Å². The van der Waals surface area contributed by atoms with E-state index in [0.717, 1.165) is 49.8 Å². The van der Waals surface area contributed by atoms with Crippen molar-refractivity contribution < 1.29 is 28.6 Å². The van der Waals surface area contributed by atoms with Crippen molar-refractivity contribution in [3.05, 3.63) is 59.8 Å². The van der Waals surface area contributed by atoms with Crippen molar-refractivity contribution in [3.63, 3.8) is 0 Å². The average Bonchev–Trinajstić information content (AvgIpc) is 3.63. The van der Waals surface area contributed by atoms with Crippen molar-refractivity contribution in [1.29, 1.82) is 0 Å². The van der Waals surface area contributed by atoms with Crippen LogP contribution in [0.25, 0.3) is 11.1 Å². The number of benzene rings is 1. The largest absolute Gasteiger partial charge is 0.496 e. The SMILES string of the molecule is COc1ccc(C23CCC(CN(C(=O)C4CCC(OC(=O)NCCCO)CC4)c4cc(-c5cnn(C(C)C)c5)c(F)cn4)(CC2)CC3)cc1C. The van der Waals surface area contributed by atoms with Gasteiger partial charge >= 0.3 is 6.09 Å². The highest BCUT2D eigenvalue weighted by Crippen LogP contribution is 2.58. The van der Waals surface area contributed by atoms with Gasteiger partial charge in [0.15, 0.2) is 0 Å². The summed E-state index contributed by atoms with van der Waals surface area (Å²) < 4.78 is 28.3. The topological polar surface area (TPSA) is 119 Å². The zero-order chi connectivity index (χ0) is 35.5. The van der Waals surface area contributed by atoms with Crippen LogP contribution in [0.3, 0.4) is 0 Å². The maximum atomic E-state index is 15.3. The fraction of sp³-hybridized carbons (Fsp3) is 0.590. The first-order chi connectivity index (χ1) is 24.0. The lowest BCUT2D eigenvalue weighted by atomic mass is 9.51. The van der Waals surface area contributed by atoms with Gasteiger partial charge in [-0.2, -0.15) is 5.10 Å². The molecule has 2 amide bonds. The van der Waals surface area contributed by atoms with E-state index >= 15 is 4.39 Å². The van der Waals surface area contributed by atoms with Gasteiger partial charge in [0.05, 0.1) is 19.5 Å². The summed E-state index contributed by atoms with van der Waals surface area (Å²) in [7, 11) is 1.71.